The topological polar surface area (TPSA) is 52.9 Å². The summed E-state index contributed by atoms with van der Waals surface area (Å²) in [6.07, 6.45) is 0.557. The fourth-order valence-electron chi connectivity index (χ4n) is 1.23. The minimum atomic E-state index is -0.646. The molecule has 1 N–H and O–H groups in total. The number of carbonyl (C=O) groups excluding carboxylic acids is 1. The van der Waals surface area contributed by atoms with E-state index in [0.717, 1.165) is 5.56 Å². The van der Waals surface area contributed by atoms with E-state index in [1.165, 1.54) is 19.1 Å². The Morgan fingerprint density at radius 2 is 2.38 bits per heavy atom. The van der Waals surface area contributed by atoms with Gasteiger partial charge in [-0.05, 0) is 31.0 Å². The first kappa shape index (κ1) is 12.2. The minimum Gasteiger partial charge on any atom is -0.355 e. The van der Waals surface area contributed by atoms with Gasteiger partial charge in [-0.2, -0.15) is 5.26 Å². The van der Waals surface area contributed by atoms with Gasteiger partial charge in [-0.15, -0.1) is 0 Å². The Hall–Kier alpha value is -1.89. The van der Waals surface area contributed by atoms with Crippen LogP contribution >= 0.6 is 0 Å². The summed E-state index contributed by atoms with van der Waals surface area (Å²) in [6.45, 7) is 1.95. The quantitative estimate of drug-likeness (QED) is 0.838. The fraction of sp³-hybridized carbons (Fsp3) is 0.333. The number of halogens is 1. The van der Waals surface area contributed by atoms with Crippen LogP contribution in [-0.2, 0) is 11.2 Å². The Balaban J connectivity index is 2.37. The summed E-state index contributed by atoms with van der Waals surface area (Å²) >= 11 is 0. The third-order valence-corrected chi connectivity index (χ3v) is 2.19. The molecule has 0 bridgehead atoms. The molecule has 0 saturated carbocycles. The van der Waals surface area contributed by atoms with E-state index in [1.807, 2.05) is 6.07 Å². The van der Waals surface area contributed by atoms with Gasteiger partial charge in [-0.25, -0.2) is 4.39 Å². The zero-order chi connectivity index (χ0) is 12.0. The average molecular weight is 220 g/mol. The van der Waals surface area contributed by atoms with Crippen LogP contribution < -0.4 is 5.32 Å². The van der Waals surface area contributed by atoms with Crippen LogP contribution in [0.4, 0.5) is 4.39 Å². The van der Waals surface area contributed by atoms with Crippen LogP contribution in [0.1, 0.15) is 12.5 Å². The van der Waals surface area contributed by atoms with Gasteiger partial charge in [-0.1, -0.05) is 12.1 Å². The molecule has 1 amide bonds. The lowest BCUT2D eigenvalue weighted by molar-refractivity contribution is -0.122. The third kappa shape index (κ3) is 3.70. The smallest absolute Gasteiger partial charge is 0.237 e. The second kappa shape index (κ2) is 5.86. The summed E-state index contributed by atoms with van der Waals surface area (Å²) in [5, 5.41) is 11.1. The van der Waals surface area contributed by atoms with Crippen molar-refractivity contribution in [3.8, 4) is 6.07 Å². The van der Waals surface area contributed by atoms with Crippen LogP contribution in [0.3, 0.4) is 0 Å². The molecule has 0 radical (unpaired) electrons. The van der Waals surface area contributed by atoms with E-state index < -0.39 is 5.92 Å². The molecule has 1 rings (SSSR count). The average Bonchev–Trinajstić information content (AvgIpc) is 2.28. The molecule has 0 heterocycles. The maximum Gasteiger partial charge on any atom is 0.237 e. The van der Waals surface area contributed by atoms with Gasteiger partial charge in [-0.3, -0.25) is 4.79 Å². The molecular formula is C12H13FN2O. The Labute approximate surface area is 93.9 Å². The predicted molar refractivity (Wildman–Crippen MR) is 57.9 cm³/mol. The molecule has 0 saturated heterocycles. The molecule has 1 unspecified atom stereocenters. The van der Waals surface area contributed by atoms with Crippen molar-refractivity contribution in [2.45, 2.75) is 13.3 Å². The van der Waals surface area contributed by atoms with Gasteiger partial charge in [0.1, 0.15) is 11.7 Å². The van der Waals surface area contributed by atoms with Crippen molar-refractivity contribution in [3.05, 3.63) is 35.6 Å². The van der Waals surface area contributed by atoms with Crippen LogP contribution in [-0.4, -0.2) is 12.5 Å². The van der Waals surface area contributed by atoms with E-state index in [9.17, 15) is 9.18 Å². The maximum absolute atomic E-state index is 12.8. The van der Waals surface area contributed by atoms with Crippen molar-refractivity contribution < 1.29 is 9.18 Å². The lowest BCUT2D eigenvalue weighted by Crippen LogP contribution is -2.30. The van der Waals surface area contributed by atoms with Crippen LogP contribution in [0.2, 0.25) is 0 Å². The Kier molecular flexibility index (Phi) is 4.46. The highest BCUT2D eigenvalue weighted by atomic mass is 19.1. The Morgan fingerprint density at radius 3 is 3.00 bits per heavy atom. The van der Waals surface area contributed by atoms with Crippen LogP contribution in [0.5, 0.6) is 0 Å². The Morgan fingerprint density at radius 1 is 1.62 bits per heavy atom. The van der Waals surface area contributed by atoms with Crippen molar-refractivity contribution >= 4 is 5.91 Å². The summed E-state index contributed by atoms with van der Waals surface area (Å²) in [7, 11) is 0. The largest absolute Gasteiger partial charge is 0.355 e. The Bertz CT molecular complexity index is 412. The van der Waals surface area contributed by atoms with Gasteiger partial charge in [0.25, 0.3) is 0 Å². The molecule has 0 spiro atoms. The number of hydrogen-bond acceptors (Lipinski definition) is 2. The molecule has 0 aliphatic carbocycles. The molecule has 3 nitrogen and oxygen atoms in total. The number of nitrogens with zero attached hydrogens (tertiary/aromatic N) is 1. The highest BCUT2D eigenvalue weighted by Crippen LogP contribution is 2.03. The molecule has 0 fully saturated rings. The van der Waals surface area contributed by atoms with E-state index in [4.69, 9.17) is 5.26 Å². The number of hydrogen-bond donors (Lipinski definition) is 1. The number of nitrogens with one attached hydrogen (secondary N) is 1. The summed E-state index contributed by atoms with van der Waals surface area (Å²) in [4.78, 5) is 11.2. The zero-order valence-corrected chi connectivity index (χ0v) is 9.03. The predicted octanol–water partition coefficient (Wildman–Crippen LogP) is 1.64. The summed E-state index contributed by atoms with van der Waals surface area (Å²) in [5.74, 6) is -1.22. The van der Waals surface area contributed by atoms with Crippen molar-refractivity contribution in [1.82, 2.24) is 5.32 Å². The summed E-state index contributed by atoms with van der Waals surface area (Å²) < 4.78 is 12.8. The normalized spacial score (nSPS) is 11.6. The van der Waals surface area contributed by atoms with E-state index >= 15 is 0 Å². The lowest BCUT2D eigenvalue weighted by atomic mass is 10.1. The number of nitriles is 1. The molecule has 0 aliphatic heterocycles. The molecule has 1 aromatic rings. The van der Waals surface area contributed by atoms with E-state index in [1.54, 1.807) is 12.1 Å². The van der Waals surface area contributed by atoms with Gasteiger partial charge in [0.2, 0.25) is 5.91 Å². The SMILES string of the molecule is CC(C#N)C(=O)NCCc1cccc(F)c1. The van der Waals surface area contributed by atoms with Crippen LogP contribution in [0.25, 0.3) is 0 Å². The van der Waals surface area contributed by atoms with Crippen LogP contribution in [0.15, 0.2) is 24.3 Å². The monoisotopic (exact) mass is 220 g/mol. The van der Waals surface area contributed by atoms with Crippen LogP contribution in [0, 0.1) is 23.1 Å². The molecule has 0 aliphatic rings. The first-order chi connectivity index (χ1) is 7.63. The molecule has 1 atom stereocenters. The molecule has 84 valence electrons. The summed E-state index contributed by atoms with van der Waals surface area (Å²) in [6, 6.07) is 8.08. The maximum atomic E-state index is 12.8. The molecule has 16 heavy (non-hydrogen) atoms. The van der Waals surface area contributed by atoms with Gasteiger partial charge in [0.15, 0.2) is 0 Å². The van der Waals surface area contributed by atoms with Gasteiger partial charge in [0, 0.05) is 6.54 Å². The first-order valence-electron chi connectivity index (χ1n) is 5.05. The highest BCUT2D eigenvalue weighted by Gasteiger charge is 2.09. The first-order valence-corrected chi connectivity index (χ1v) is 5.05. The number of benzene rings is 1. The molecule has 1 aromatic carbocycles. The number of carbonyl (C=O) groups is 1. The number of amides is 1. The van der Waals surface area contributed by atoms with Gasteiger partial charge < -0.3 is 5.32 Å². The van der Waals surface area contributed by atoms with Crippen molar-refractivity contribution in [1.29, 1.82) is 5.26 Å². The second-order valence-corrected chi connectivity index (χ2v) is 3.52. The van der Waals surface area contributed by atoms with Gasteiger partial charge in [0.05, 0.1) is 6.07 Å². The van der Waals surface area contributed by atoms with E-state index in [2.05, 4.69) is 5.32 Å². The minimum absolute atomic E-state index is 0.283. The van der Waals surface area contributed by atoms with E-state index in [0.29, 0.717) is 13.0 Å². The van der Waals surface area contributed by atoms with Gasteiger partial charge >= 0.3 is 0 Å². The standard InChI is InChI=1S/C12H13FN2O/c1-9(8-14)12(16)15-6-5-10-3-2-4-11(13)7-10/h2-4,7,9H,5-6H2,1H3,(H,15,16). The molecule has 4 heteroatoms. The fourth-order valence-corrected chi connectivity index (χ4v) is 1.23. The molecular weight excluding hydrogens is 207 g/mol. The molecule has 0 aromatic heterocycles. The van der Waals surface area contributed by atoms with E-state index in [-0.39, 0.29) is 11.7 Å². The lowest BCUT2D eigenvalue weighted by Gasteiger charge is -2.06. The van der Waals surface area contributed by atoms with Crippen molar-refractivity contribution in [2.75, 3.05) is 6.54 Å². The zero-order valence-electron chi connectivity index (χ0n) is 9.03. The summed E-state index contributed by atoms with van der Waals surface area (Å²) in [5.41, 5.74) is 0.824. The second-order valence-electron chi connectivity index (χ2n) is 3.52. The highest BCUT2D eigenvalue weighted by molar-refractivity contribution is 5.80. The van der Waals surface area contributed by atoms with Crippen molar-refractivity contribution in [3.63, 3.8) is 0 Å². The van der Waals surface area contributed by atoms with Crippen molar-refractivity contribution in [2.24, 2.45) is 5.92 Å². The number of rotatable bonds is 4. The third-order valence-electron chi connectivity index (χ3n) is 2.19.